The molecule has 0 aromatic heterocycles. The van der Waals surface area contributed by atoms with E-state index in [1.165, 1.54) is 0 Å². The van der Waals surface area contributed by atoms with Crippen LogP contribution in [0.2, 0.25) is 0 Å². The van der Waals surface area contributed by atoms with Crippen LogP contribution in [0.4, 0.5) is 13.2 Å². The highest BCUT2D eigenvalue weighted by Gasteiger charge is 2.29. The number of thioether (sulfide) groups is 1. The second-order valence-corrected chi connectivity index (χ2v) is 8.66. The van der Waals surface area contributed by atoms with Gasteiger partial charge in [-0.1, -0.05) is 24.3 Å². The van der Waals surface area contributed by atoms with E-state index in [0.29, 0.717) is 6.54 Å². The van der Waals surface area contributed by atoms with Gasteiger partial charge < -0.3 is 15.0 Å². The molecule has 1 aromatic carbocycles. The lowest BCUT2D eigenvalue weighted by atomic mass is 10.1. The van der Waals surface area contributed by atoms with Gasteiger partial charge in [0.25, 0.3) is 0 Å². The summed E-state index contributed by atoms with van der Waals surface area (Å²) in [7, 11) is 1.78. The number of alkyl halides is 3. The van der Waals surface area contributed by atoms with Gasteiger partial charge in [0.15, 0.2) is 5.96 Å². The molecule has 1 aliphatic rings. The van der Waals surface area contributed by atoms with Crippen molar-refractivity contribution in [3.63, 3.8) is 0 Å². The van der Waals surface area contributed by atoms with E-state index in [0.717, 1.165) is 35.9 Å². The molecule has 0 amide bonds. The molecule has 1 saturated heterocycles. The molecule has 1 aliphatic heterocycles. The van der Waals surface area contributed by atoms with Crippen molar-refractivity contribution in [3.05, 3.63) is 35.4 Å². The first-order chi connectivity index (χ1) is 12.2. The molecule has 0 saturated carbocycles. The lowest BCUT2D eigenvalue weighted by Crippen LogP contribution is -2.50. The first-order valence-corrected chi connectivity index (χ1v) is 9.49. The third-order valence-electron chi connectivity index (χ3n) is 3.95. The average Bonchev–Trinajstić information content (AvgIpc) is 2.55. The van der Waals surface area contributed by atoms with E-state index < -0.39 is 12.8 Å². The number of hydrogen-bond donors (Lipinski definition) is 1. The van der Waals surface area contributed by atoms with Gasteiger partial charge in [-0.2, -0.15) is 24.9 Å². The fourth-order valence-corrected chi connectivity index (χ4v) is 3.86. The predicted molar refractivity (Wildman–Crippen MR) is 100 cm³/mol. The molecule has 0 aliphatic carbocycles. The van der Waals surface area contributed by atoms with Gasteiger partial charge in [-0.3, -0.25) is 4.99 Å². The van der Waals surface area contributed by atoms with Crippen LogP contribution in [0.25, 0.3) is 0 Å². The summed E-state index contributed by atoms with van der Waals surface area (Å²) >= 11 is 1.97. The van der Waals surface area contributed by atoms with E-state index in [9.17, 15) is 13.2 Å². The normalized spacial score (nSPS) is 18.1. The second kappa shape index (κ2) is 8.99. The molecule has 8 heteroatoms. The van der Waals surface area contributed by atoms with Crippen molar-refractivity contribution < 1.29 is 17.9 Å². The largest absolute Gasteiger partial charge is 0.411 e. The molecule has 1 N–H and O–H groups in total. The van der Waals surface area contributed by atoms with E-state index >= 15 is 0 Å². The maximum absolute atomic E-state index is 12.1. The third-order valence-corrected chi connectivity index (χ3v) is 5.24. The highest BCUT2D eigenvalue weighted by molar-refractivity contribution is 8.00. The first-order valence-electron chi connectivity index (χ1n) is 8.50. The number of nitrogens with zero attached hydrogens (tertiary/aromatic N) is 2. The molecule has 0 unspecified atom stereocenters. The Morgan fingerprint density at radius 3 is 2.50 bits per heavy atom. The van der Waals surface area contributed by atoms with Gasteiger partial charge in [-0.05, 0) is 25.0 Å². The van der Waals surface area contributed by atoms with Crippen LogP contribution in [0.1, 0.15) is 25.0 Å². The Hall–Kier alpha value is -1.41. The summed E-state index contributed by atoms with van der Waals surface area (Å²) in [6, 6.07) is 7.36. The third kappa shape index (κ3) is 7.07. The molecule has 26 heavy (non-hydrogen) atoms. The Bertz CT molecular complexity index is 603. The molecule has 1 fully saturated rings. The van der Waals surface area contributed by atoms with Crippen molar-refractivity contribution in [2.24, 2.45) is 4.99 Å². The van der Waals surface area contributed by atoms with Crippen LogP contribution in [-0.2, 0) is 17.9 Å². The monoisotopic (exact) mass is 389 g/mol. The highest BCUT2D eigenvalue weighted by atomic mass is 32.2. The fourth-order valence-electron chi connectivity index (χ4n) is 2.75. The number of hydrogen-bond acceptors (Lipinski definition) is 3. The van der Waals surface area contributed by atoms with Gasteiger partial charge in [0.05, 0.1) is 6.61 Å². The zero-order valence-corrected chi connectivity index (χ0v) is 16.2. The first kappa shape index (κ1) is 20.9. The van der Waals surface area contributed by atoms with E-state index in [-0.39, 0.29) is 11.4 Å². The van der Waals surface area contributed by atoms with Crippen LogP contribution in [0.15, 0.2) is 29.3 Å². The van der Waals surface area contributed by atoms with Crippen molar-refractivity contribution in [1.29, 1.82) is 0 Å². The summed E-state index contributed by atoms with van der Waals surface area (Å²) in [4.78, 5) is 6.63. The van der Waals surface area contributed by atoms with Gasteiger partial charge >= 0.3 is 6.18 Å². The second-order valence-electron chi connectivity index (χ2n) is 6.85. The molecule has 0 radical (unpaired) electrons. The van der Waals surface area contributed by atoms with Crippen LogP contribution in [-0.4, -0.2) is 54.3 Å². The van der Waals surface area contributed by atoms with E-state index in [1.54, 1.807) is 19.2 Å². The van der Waals surface area contributed by atoms with E-state index in [1.807, 2.05) is 23.9 Å². The number of guanidine groups is 1. The van der Waals surface area contributed by atoms with Crippen molar-refractivity contribution in [2.45, 2.75) is 37.9 Å². The number of ether oxygens (including phenoxy) is 1. The van der Waals surface area contributed by atoms with E-state index in [2.05, 4.69) is 33.8 Å². The van der Waals surface area contributed by atoms with Crippen LogP contribution >= 0.6 is 11.8 Å². The zero-order chi connectivity index (χ0) is 19.2. The lowest BCUT2D eigenvalue weighted by molar-refractivity contribution is -0.176. The number of nitrogens with one attached hydrogen (secondary N) is 1. The molecule has 1 aromatic rings. The minimum absolute atomic E-state index is 0.0462. The Balaban J connectivity index is 1.83. The topological polar surface area (TPSA) is 36.9 Å². The maximum Gasteiger partial charge on any atom is 0.411 e. The summed E-state index contributed by atoms with van der Waals surface area (Å²) in [6.07, 6.45) is -4.29. The minimum Gasteiger partial charge on any atom is -0.367 e. The standard InChI is InChI=1S/C18H26F3N3OS/c1-17(2)12-24(8-9-26-17)16(22-3)23-10-14-4-6-15(7-5-14)11-25-13-18(19,20)21/h4-7H,8-13H2,1-3H3,(H,22,23). The number of benzene rings is 1. The van der Waals surface area contributed by atoms with Gasteiger partial charge in [0.2, 0.25) is 0 Å². The molecule has 4 nitrogen and oxygen atoms in total. The van der Waals surface area contributed by atoms with Crippen LogP contribution < -0.4 is 5.32 Å². The van der Waals surface area contributed by atoms with E-state index in [4.69, 9.17) is 0 Å². The van der Waals surface area contributed by atoms with Crippen molar-refractivity contribution in [2.75, 3.05) is 32.5 Å². The number of halogens is 3. The van der Waals surface area contributed by atoms with Crippen molar-refractivity contribution in [1.82, 2.24) is 10.2 Å². The molecular weight excluding hydrogens is 363 g/mol. The molecule has 146 valence electrons. The summed E-state index contributed by atoms with van der Waals surface area (Å²) in [6.45, 7) is 5.70. The predicted octanol–water partition coefficient (Wildman–Crippen LogP) is 3.67. The Kier molecular flexibility index (Phi) is 7.23. The molecule has 0 spiro atoms. The van der Waals surface area contributed by atoms with Crippen LogP contribution in [0.5, 0.6) is 0 Å². The minimum atomic E-state index is -4.29. The molecule has 2 rings (SSSR count). The van der Waals surface area contributed by atoms with Gasteiger partial charge in [0, 0.05) is 37.2 Å². The highest BCUT2D eigenvalue weighted by Crippen LogP contribution is 2.29. The van der Waals surface area contributed by atoms with Crippen molar-refractivity contribution >= 4 is 17.7 Å². The fraction of sp³-hybridized carbons (Fsp3) is 0.611. The quantitative estimate of drug-likeness (QED) is 0.616. The van der Waals surface area contributed by atoms with Gasteiger partial charge in [-0.15, -0.1) is 0 Å². The van der Waals surface area contributed by atoms with Crippen molar-refractivity contribution in [3.8, 4) is 0 Å². The molecule has 0 atom stereocenters. The van der Waals surface area contributed by atoms with Crippen LogP contribution in [0.3, 0.4) is 0 Å². The smallest absolute Gasteiger partial charge is 0.367 e. The Labute approximate surface area is 157 Å². The SMILES string of the molecule is CN=C(NCc1ccc(COCC(F)(F)F)cc1)N1CCSC(C)(C)C1. The Morgan fingerprint density at radius 2 is 1.92 bits per heavy atom. The number of rotatable bonds is 5. The average molecular weight is 389 g/mol. The lowest BCUT2D eigenvalue weighted by Gasteiger charge is -2.39. The summed E-state index contributed by atoms with van der Waals surface area (Å²) in [5.74, 6) is 1.94. The zero-order valence-electron chi connectivity index (χ0n) is 15.4. The number of aliphatic imine (C=N–C) groups is 1. The Morgan fingerprint density at radius 1 is 1.27 bits per heavy atom. The van der Waals surface area contributed by atoms with Gasteiger partial charge in [-0.25, -0.2) is 0 Å². The summed E-state index contributed by atoms with van der Waals surface area (Å²) < 4.78 is 41.1. The summed E-state index contributed by atoms with van der Waals surface area (Å²) in [5.41, 5.74) is 1.76. The maximum atomic E-state index is 12.1. The molecule has 1 heterocycles. The summed E-state index contributed by atoms with van der Waals surface area (Å²) in [5, 5.41) is 3.36. The molecular formula is C18H26F3N3OS. The van der Waals surface area contributed by atoms with Crippen LogP contribution in [0, 0.1) is 0 Å². The van der Waals surface area contributed by atoms with Gasteiger partial charge in [0.1, 0.15) is 6.61 Å². The molecule has 0 bridgehead atoms.